The van der Waals surface area contributed by atoms with Crippen molar-refractivity contribution in [2.24, 2.45) is 16.6 Å². The molecule has 9 heteroatoms. The topological polar surface area (TPSA) is 169 Å². The van der Waals surface area contributed by atoms with E-state index in [1.54, 1.807) is 18.3 Å². The third-order valence-corrected chi connectivity index (χ3v) is 3.28. The summed E-state index contributed by atoms with van der Waals surface area (Å²) in [4.78, 5) is 12.0. The number of nitrogens with two attached hydrogens (primary N) is 4. The van der Waals surface area contributed by atoms with Crippen LogP contribution in [-0.4, -0.2) is 22.7 Å². The summed E-state index contributed by atoms with van der Waals surface area (Å²) in [5.41, 5.74) is 19.6. The molecule has 0 radical (unpaired) electrons. The third-order valence-electron chi connectivity index (χ3n) is 3.28. The normalized spacial score (nSPS) is 11.4. The summed E-state index contributed by atoms with van der Waals surface area (Å²) >= 11 is 0. The van der Waals surface area contributed by atoms with Crippen molar-refractivity contribution in [3.63, 3.8) is 0 Å². The Morgan fingerprint density at radius 1 is 1.28 bits per heavy atom. The highest BCUT2D eigenvalue weighted by Gasteiger charge is 2.11. The summed E-state index contributed by atoms with van der Waals surface area (Å²) in [5, 5.41) is 9.84. The molecule has 0 spiro atoms. The van der Waals surface area contributed by atoms with Crippen molar-refractivity contribution in [3.05, 3.63) is 42.2 Å². The average Bonchev–Trinajstić information content (AvgIpc) is 2.63. The van der Waals surface area contributed by atoms with Gasteiger partial charge in [0.2, 0.25) is 5.95 Å². The smallest absolute Gasteiger partial charge is 0.222 e. The molecule has 0 atom stereocenters. The SMILES string of the molecule is N#CCCN=CC(=CN)c1ccc(N(N)c2nc(N)ncc2N)cc1. The molecule has 25 heavy (non-hydrogen) atoms. The van der Waals surface area contributed by atoms with Crippen molar-refractivity contribution in [3.8, 4) is 6.07 Å². The number of allylic oxidation sites excluding steroid dienone is 1. The lowest BCUT2D eigenvalue weighted by Crippen LogP contribution is -2.27. The molecule has 0 saturated heterocycles. The lowest BCUT2D eigenvalue weighted by Gasteiger charge is -2.19. The summed E-state index contributed by atoms with van der Waals surface area (Å²) in [6.45, 7) is 0.427. The summed E-state index contributed by atoms with van der Waals surface area (Å²) in [6.07, 6.45) is 4.85. The van der Waals surface area contributed by atoms with E-state index in [-0.39, 0.29) is 5.95 Å². The van der Waals surface area contributed by atoms with Crippen LogP contribution in [0.25, 0.3) is 5.57 Å². The van der Waals surface area contributed by atoms with Crippen LogP contribution >= 0.6 is 0 Å². The molecule has 9 nitrogen and oxygen atoms in total. The lowest BCUT2D eigenvalue weighted by molar-refractivity contribution is 1.02. The van der Waals surface area contributed by atoms with E-state index in [0.717, 1.165) is 11.1 Å². The quantitative estimate of drug-likeness (QED) is 0.261. The molecule has 1 aromatic heterocycles. The van der Waals surface area contributed by atoms with E-state index < -0.39 is 0 Å². The zero-order chi connectivity index (χ0) is 18.2. The highest BCUT2D eigenvalue weighted by molar-refractivity contribution is 6.09. The minimum absolute atomic E-state index is 0.0817. The lowest BCUT2D eigenvalue weighted by atomic mass is 10.1. The first-order valence-corrected chi connectivity index (χ1v) is 7.38. The molecule has 0 amide bonds. The molecule has 0 saturated carbocycles. The van der Waals surface area contributed by atoms with Crippen molar-refractivity contribution < 1.29 is 0 Å². The van der Waals surface area contributed by atoms with Crippen LogP contribution in [-0.2, 0) is 0 Å². The molecule has 0 aliphatic heterocycles. The zero-order valence-corrected chi connectivity index (χ0v) is 13.5. The predicted octanol–water partition coefficient (Wildman–Crippen LogP) is 0.937. The van der Waals surface area contributed by atoms with E-state index in [1.807, 2.05) is 18.2 Å². The van der Waals surface area contributed by atoms with Gasteiger partial charge in [-0.25, -0.2) is 10.8 Å². The monoisotopic (exact) mass is 337 g/mol. The molecule has 2 aromatic rings. The van der Waals surface area contributed by atoms with Gasteiger partial charge in [0.15, 0.2) is 5.82 Å². The summed E-state index contributed by atoms with van der Waals surface area (Å²) in [5.74, 6) is 6.46. The van der Waals surface area contributed by atoms with Crippen molar-refractivity contribution >= 4 is 34.9 Å². The molecular formula is C16H19N9. The Morgan fingerprint density at radius 2 is 2.00 bits per heavy atom. The number of nitrogen functional groups attached to an aromatic ring is 2. The van der Waals surface area contributed by atoms with Gasteiger partial charge in [0.1, 0.15) is 0 Å². The molecule has 0 aliphatic rings. The Bertz CT molecular complexity index is 818. The fraction of sp³-hybridized carbons (Fsp3) is 0.125. The van der Waals surface area contributed by atoms with Crippen molar-refractivity contribution in [2.45, 2.75) is 6.42 Å². The van der Waals surface area contributed by atoms with Gasteiger partial charge in [-0.2, -0.15) is 10.2 Å². The second-order valence-corrected chi connectivity index (χ2v) is 4.99. The van der Waals surface area contributed by atoms with Crippen LogP contribution in [0, 0.1) is 11.3 Å². The minimum Gasteiger partial charge on any atom is -0.404 e. The number of aromatic nitrogens is 2. The fourth-order valence-corrected chi connectivity index (χ4v) is 2.02. The van der Waals surface area contributed by atoms with Crippen LogP contribution < -0.4 is 28.1 Å². The highest BCUT2D eigenvalue weighted by Crippen LogP contribution is 2.26. The largest absolute Gasteiger partial charge is 0.404 e. The number of hydrogen-bond acceptors (Lipinski definition) is 9. The number of hydrogen-bond donors (Lipinski definition) is 4. The second-order valence-electron chi connectivity index (χ2n) is 4.99. The number of anilines is 4. The standard InChI is InChI=1S/C16H19N9/c17-6-1-7-22-9-12(8-18)11-2-4-13(5-3-11)25(21)15-14(19)10-23-16(20)24-15/h2-5,8-10H,1,7,18-19,21H2,(H2,20,23,24). The molecule has 0 unspecified atom stereocenters. The first-order valence-electron chi connectivity index (χ1n) is 7.38. The average molecular weight is 337 g/mol. The number of hydrazine groups is 1. The van der Waals surface area contributed by atoms with E-state index >= 15 is 0 Å². The van der Waals surface area contributed by atoms with Gasteiger partial charge < -0.3 is 17.2 Å². The third kappa shape index (κ3) is 4.43. The number of rotatable bonds is 6. The highest BCUT2D eigenvalue weighted by atomic mass is 15.4. The first-order chi connectivity index (χ1) is 12.1. The van der Waals surface area contributed by atoms with Crippen LogP contribution in [0.5, 0.6) is 0 Å². The molecule has 0 fully saturated rings. The molecule has 1 aromatic carbocycles. The van der Waals surface area contributed by atoms with Crippen molar-refractivity contribution in [1.82, 2.24) is 9.97 Å². The maximum absolute atomic E-state index is 8.51. The van der Waals surface area contributed by atoms with Gasteiger partial charge in [0, 0.05) is 18.0 Å². The van der Waals surface area contributed by atoms with Gasteiger partial charge in [-0.1, -0.05) is 12.1 Å². The van der Waals surface area contributed by atoms with E-state index in [9.17, 15) is 0 Å². The van der Waals surface area contributed by atoms with E-state index in [4.69, 9.17) is 28.3 Å². The van der Waals surface area contributed by atoms with Crippen LogP contribution in [0.4, 0.5) is 23.1 Å². The Kier molecular flexibility index (Phi) is 5.86. The van der Waals surface area contributed by atoms with Gasteiger partial charge in [0.05, 0.1) is 36.6 Å². The first kappa shape index (κ1) is 17.7. The number of nitrogens with zero attached hydrogens (tertiary/aromatic N) is 5. The summed E-state index contributed by atoms with van der Waals surface area (Å²) in [7, 11) is 0. The Hall–Kier alpha value is -3.64. The van der Waals surface area contributed by atoms with Gasteiger partial charge >= 0.3 is 0 Å². The summed E-state index contributed by atoms with van der Waals surface area (Å²) < 4.78 is 0. The van der Waals surface area contributed by atoms with E-state index in [1.165, 1.54) is 17.4 Å². The zero-order valence-electron chi connectivity index (χ0n) is 13.5. The van der Waals surface area contributed by atoms with Gasteiger partial charge in [-0.15, -0.1) is 0 Å². The molecule has 0 bridgehead atoms. The van der Waals surface area contributed by atoms with Crippen LogP contribution in [0.3, 0.4) is 0 Å². The van der Waals surface area contributed by atoms with Gasteiger partial charge in [-0.3, -0.25) is 10.0 Å². The molecular weight excluding hydrogens is 318 g/mol. The Labute approximate surface area is 145 Å². The maximum atomic E-state index is 8.51. The fourth-order valence-electron chi connectivity index (χ4n) is 2.02. The predicted molar refractivity (Wildman–Crippen MR) is 99.4 cm³/mol. The molecule has 1 heterocycles. The second kappa shape index (κ2) is 8.28. The molecule has 0 aliphatic carbocycles. The van der Waals surface area contributed by atoms with Gasteiger partial charge in [0.25, 0.3) is 0 Å². The van der Waals surface area contributed by atoms with Crippen LogP contribution in [0.2, 0.25) is 0 Å². The number of nitriles is 1. The number of aliphatic imine (C=N–C) groups is 1. The Balaban J connectivity index is 2.20. The molecule has 8 N–H and O–H groups in total. The minimum atomic E-state index is 0.0817. The van der Waals surface area contributed by atoms with Crippen molar-refractivity contribution in [1.29, 1.82) is 5.26 Å². The Morgan fingerprint density at radius 3 is 2.64 bits per heavy atom. The van der Waals surface area contributed by atoms with E-state index in [2.05, 4.69) is 15.0 Å². The van der Waals surface area contributed by atoms with Crippen molar-refractivity contribution in [2.75, 3.05) is 23.0 Å². The van der Waals surface area contributed by atoms with Crippen LogP contribution in [0.15, 0.2) is 41.7 Å². The maximum Gasteiger partial charge on any atom is 0.222 e. The van der Waals surface area contributed by atoms with E-state index in [0.29, 0.717) is 30.2 Å². The van der Waals surface area contributed by atoms with Crippen LogP contribution in [0.1, 0.15) is 12.0 Å². The molecule has 2 rings (SSSR count). The summed E-state index contributed by atoms with van der Waals surface area (Å²) in [6, 6.07) is 9.29. The molecule has 128 valence electrons. The number of benzene rings is 1. The van der Waals surface area contributed by atoms with Gasteiger partial charge in [-0.05, 0) is 17.7 Å².